The quantitative estimate of drug-likeness (QED) is 0.379. The molecule has 2 aromatic heterocycles. The van der Waals surface area contributed by atoms with Crippen molar-refractivity contribution in [3.05, 3.63) is 65.9 Å². The highest BCUT2D eigenvalue weighted by atomic mass is 19.1. The van der Waals surface area contributed by atoms with Gasteiger partial charge in [0.1, 0.15) is 29.0 Å². The van der Waals surface area contributed by atoms with E-state index in [0.29, 0.717) is 41.6 Å². The molecule has 0 bridgehead atoms. The van der Waals surface area contributed by atoms with Gasteiger partial charge in [0, 0.05) is 50.7 Å². The first kappa shape index (κ1) is 26.2. The highest BCUT2D eigenvalue weighted by molar-refractivity contribution is 5.90. The molecule has 4 aromatic rings. The number of halogens is 2. The molecule has 2 N–H and O–H groups in total. The van der Waals surface area contributed by atoms with Crippen molar-refractivity contribution in [1.82, 2.24) is 14.5 Å². The van der Waals surface area contributed by atoms with Crippen molar-refractivity contribution in [1.29, 1.82) is 5.26 Å². The Bertz CT molecular complexity index is 1600. The van der Waals surface area contributed by atoms with Gasteiger partial charge in [0.15, 0.2) is 5.65 Å². The maximum Gasteiger partial charge on any atom is 0.167 e. The van der Waals surface area contributed by atoms with E-state index in [2.05, 4.69) is 14.8 Å². The van der Waals surface area contributed by atoms with Crippen LogP contribution in [-0.4, -0.2) is 60.5 Å². The van der Waals surface area contributed by atoms with Crippen molar-refractivity contribution in [2.24, 2.45) is 11.7 Å². The summed E-state index contributed by atoms with van der Waals surface area (Å²) in [6.07, 6.45) is 4.79. The van der Waals surface area contributed by atoms with E-state index in [4.69, 9.17) is 15.5 Å². The van der Waals surface area contributed by atoms with E-state index in [1.54, 1.807) is 30.0 Å². The largest absolute Gasteiger partial charge is 0.380 e. The molecule has 0 spiro atoms. The van der Waals surface area contributed by atoms with Gasteiger partial charge in [-0.05, 0) is 74.2 Å². The minimum atomic E-state index is -0.661. The molecule has 206 valence electrons. The zero-order valence-electron chi connectivity index (χ0n) is 22.4. The summed E-state index contributed by atoms with van der Waals surface area (Å²) in [6.45, 7) is 3.74. The van der Waals surface area contributed by atoms with Crippen LogP contribution in [0.25, 0.3) is 28.2 Å². The number of piperidine rings is 1. The predicted octanol–water partition coefficient (Wildman–Crippen LogP) is 4.64. The summed E-state index contributed by atoms with van der Waals surface area (Å²) in [4.78, 5) is 13.9. The smallest absolute Gasteiger partial charge is 0.167 e. The van der Waals surface area contributed by atoms with Crippen molar-refractivity contribution in [3.63, 3.8) is 0 Å². The van der Waals surface area contributed by atoms with E-state index < -0.39 is 11.6 Å². The number of nitriles is 1. The normalized spacial score (nSPS) is 19.4. The molecule has 2 aromatic carbocycles. The van der Waals surface area contributed by atoms with Gasteiger partial charge in [-0.3, -0.25) is 4.57 Å². The van der Waals surface area contributed by atoms with Gasteiger partial charge in [-0.2, -0.15) is 5.26 Å². The van der Waals surface area contributed by atoms with E-state index in [9.17, 15) is 9.65 Å². The second-order valence-corrected chi connectivity index (χ2v) is 10.5. The molecule has 0 amide bonds. The van der Waals surface area contributed by atoms with Crippen LogP contribution in [0, 0.1) is 28.9 Å². The lowest BCUT2D eigenvalue weighted by Crippen LogP contribution is -2.38. The van der Waals surface area contributed by atoms with Gasteiger partial charge in [-0.25, -0.2) is 18.7 Å². The Morgan fingerprint density at radius 3 is 2.62 bits per heavy atom. The number of methoxy groups -OCH3 is 1. The van der Waals surface area contributed by atoms with E-state index in [0.717, 1.165) is 50.3 Å². The molecule has 4 heterocycles. The summed E-state index contributed by atoms with van der Waals surface area (Å²) in [5, 5.41) is 9.24. The number of hydrogen-bond acceptors (Lipinski definition) is 7. The topological polar surface area (TPSA) is 96.2 Å². The predicted molar refractivity (Wildman–Crippen MR) is 151 cm³/mol. The summed E-state index contributed by atoms with van der Waals surface area (Å²) in [7, 11) is 1.69. The van der Waals surface area contributed by atoms with Crippen LogP contribution in [0.15, 0.2) is 48.7 Å². The monoisotopic (exact) mass is 543 g/mol. The minimum Gasteiger partial charge on any atom is -0.380 e. The Morgan fingerprint density at radius 1 is 1.02 bits per heavy atom. The maximum atomic E-state index is 15.9. The summed E-state index contributed by atoms with van der Waals surface area (Å²) in [5.74, 6) is -0.384. The zero-order chi connectivity index (χ0) is 27.8. The van der Waals surface area contributed by atoms with Crippen LogP contribution in [0.3, 0.4) is 0 Å². The fourth-order valence-electron chi connectivity index (χ4n) is 5.89. The second kappa shape index (κ2) is 10.8. The molecule has 10 heteroatoms. The lowest BCUT2D eigenvalue weighted by molar-refractivity contribution is 0.121. The van der Waals surface area contributed by atoms with Gasteiger partial charge < -0.3 is 20.3 Å². The van der Waals surface area contributed by atoms with Crippen LogP contribution < -0.4 is 15.5 Å². The van der Waals surface area contributed by atoms with Crippen LogP contribution >= 0.6 is 0 Å². The molecule has 0 unspecified atom stereocenters. The van der Waals surface area contributed by atoms with Gasteiger partial charge in [-0.1, -0.05) is 0 Å². The van der Waals surface area contributed by atoms with Gasteiger partial charge in [0.05, 0.1) is 23.0 Å². The standard InChI is InChI=1S/C30H31F2N7O/c1-40-23-9-12-37(18-23)22-6-7-26(25(32)14-22)39-29(20-4-5-21(16-34)24(31)13-20)36-28-27(8-10-35-30(28)39)38-11-2-3-19(15-33)17-38/h4-8,10,13-14,19,23H,2-3,9,11-12,15,17-18,33H2,1H3/t19-,23-/m0/s1. The maximum absolute atomic E-state index is 15.9. The Hall–Kier alpha value is -4.07. The number of benzene rings is 2. The molecule has 2 saturated heterocycles. The number of nitrogens with two attached hydrogens (primary N) is 1. The molecule has 2 fully saturated rings. The van der Waals surface area contributed by atoms with Crippen molar-refractivity contribution in [2.45, 2.75) is 25.4 Å². The van der Waals surface area contributed by atoms with Crippen molar-refractivity contribution in [2.75, 3.05) is 49.6 Å². The summed E-state index contributed by atoms with van der Waals surface area (Å²) in [5.41, 5.74) is 9.34. The van der Waals surface area contributed by atoms with E-state index >= 15 is 4.39 Å². The minimum absolute atomic E-state index is 0.0677. The van der Waals surface area contributed by atoms with Crippen molar-refractivity contribution < 1.29 is 13.5 Å². The Labute approximate surface area is 231 Å². The number of pyridine rings is 1. The summed E-state index contributed by atoms with van der Waals surface area (Å²) >= 11 is 0. The zero-order valence-corrected chi connectivity index (χ0v) is 22.4. The van der Waals surface area contributed by atoms with Crippen LogP contribution in [0.5, 0.6) is 0 Å². The average molecular weight is 544 g/mol. The number of imidazole rings is 1. The number of hydrogen-bond donors (Lipinski definition) is 1. The first-order chi connectivity index (χ1) is 19.5. The number of nitrogens with zero attached hydrogens (tertiary/aromatic N) is 6. The highest BCUT2D eigenvalue weighted by Crippen LogP contribution is 2.36. The van der Waals surface area contributed by atoms with Crippen molar-refractivity contribution in [3.8, 4) is 23.1 Å². The first-order valence-corrected chi connectivity index (χ1v) is 13.6. The third kappa shape index (κ3) is 4.65. The molecule has 2 aliphatic heterocycles. The van der Waals surface area contributed by atoms with Crippen LogP contribution in [0.4, 0.5) is 20.2 Å². The SMILES string of the molecule is CO[C@H]1CCN(c2ccc(-n3c(-c4ccc(C#N)c(F)c4)nc4c(N5CCC[C@@H](CN)C5)ccnc43)c(F)c2)C1. The molecule has 0 radical (unpaired) electrons. The Balaban J connectivity index is 1.50. The van der Waals surface area contributed by atoms with Gasteiger partial charge in [-0.15, -0.1) is 0 Å². The molecule has 8 nitrogen and oxygen atoms in total. The number of fused-ring (bicyclic) bond motifs is 1. The van der Waals surface area contributed by atoms with Gasteiger partial charge >= 0.3 is 0 Å². The third-order valence-electron chi connectivity index (χ3n) is 8.08. The Morgan fingerprint density at radius 2 is 1.90 bits per heavy atom. The van der Waals surface area contributed by atoms with Gasteiger partial charge in [0.2, 0.25) is 0 Å². The molecule has 40 heavy (non-hydrogen) atoms. The Kier molecular flexibility index (Phi) is 7.09. The molecule has 0 aliphatic carbocycles. The molecule has 2 atom stereocenters. The van der Waals surface area contributed by atoms with E-state index in [1.165, 1.54) is 18.2 Å². The van der Waals surface area contributed by atoms with Crippen LogP contribution in [0.2, 0.25) is 0 Å². The molecule has 6 rings (SSSR count). The second-order valence-electron chi connectivity index (χ2n) is 10.5. The van der Waals surface area contributed by atoms with Crippen molar-refractivity contribution >= 4 is 22.5 Å². The fraction of sp³-hybridized carbons (Fsp3) is 0.367. The highest BCUT2D eigenvalue weighted by Gasteiger charge is 2.27. The number of ether oxygens (including phenoxy) is 1. The lowest BCUT2D eigenvalue weighted by Gasteiger charge is -2.33. The molecule has 2 aliphatic rings. The fourth-order valence-corrected chi connectivity index (χ4v) is 5.89. The molecule has 0 saturated carbocycles. The van der Waals surface area contributed by atoms with E-state index in [-0.39, 0.29) is 17.4 Å². The van der Waals surface area contributed by atoms with Gasteiger partial charge in [0.25, 0.3) is 0 Å². The number of anilines is 2. The van der Waals surface area contributed by atoms with Crippen LogP contribution in [-0.2, 0) is 4.74 Å². The number of aromatic nitrogens is 3. The summed E-state index contributed by atoms with van der Waals surface area (Å²) < 4.78 is 37.8. The van der Waals surface area contributed by atoms with Crippen LogP contribution in [0.1, 0.15) is 24.8 Å². The average Bonchev–Trinajstić information content (AvgIpc) is 3.62. The van der Waals surface area contributed by atoms with E-state index in [1.807, 2.05) is 18.2 Å². The number of rotatable bonds is 6. The third-order valence-corrected chi connectivity index (χ3v) is 8.08. The first-order valence-electron chi connectivity index (χ1n) is 13.6. The summed E-state index contributed by atoms with van der Waals surface area (Å²) in [6, 6.07) is 13.2. The molecular formula is C30H31F2N7O. The lowest BCUT2D eigenvalue weighted by atomic mass is 9.98. The molecular weight excluding hydrogens is 512 g/mol.